The van der Waals surface area contributed by atoms with E-state index in [1.165, 1.54) is 6.07 Å². The van der Waals surface area contributed by atoms with Crippen molar-refractivity contribution in [3.8, 4) is 17.3 Å². The first kappa shape index (κ1) is 27.0. The molecular formula is C30H31F2N5O3. The Bertz CT molecular complexity index is 1490. The van der Waals surface area contributed by atoms with Gasteiger partial charge in [-0.3, -0.25) is 5.32 Å². The Hall–Kier alpha value is -4.60. The molecule has 1 aromatic heterocycles. The van der Waals surface area contributed by atoms with E-state index in [1.807, 2.05) is 68.4 Å². The number of rotatable bonds is 8. The summed E-state index contributed by atoms with van der Waals surface area (Å²) in [6.45, 7) is 5.02. The fourth-order valence-electron chi connectivity index (χ4n) is 5.08. The van der Waals surface area contributed by atoms with Crippen LogP contribution in [0.3, 0.4) is 0 Å². The molecule has 0 spiro atoms. The van der Waals surface area contributed by atoms with Crippen molar-refractivity contribution in [2.45, 2.75) is 25.8 Å². The number of benzene rings is 3. The highest BCUT2D eigenvalue weighted by atomic mass is 19.2. The number of nitrogens with one attached hydrogen (secondary N) is 2. The van der Waals surface area contributed by atoms with Crippen molar-refractivity contribution in [1.29, 1.82) is 0 Å². The van der Waals surface area contributed by atoms with Gasteiger partial charge >= 0.3 is 6.03 Å². The number of halogens is 2. The van der Waals surface area contributed by atoms with Crippen molar-refractivity contribution in [2.75, 3.05) is 37.0 Å². The van der Waals surface area contributed by atoms with E-state index in [0.29, 0.717) is 48.3 Å². The van der Waals surface area contributed by atoms with Gasteiger partial charge in [0.2, 0.25) is 5.88 Å². The Labute approximate surface area is 231 Å². The number of para-hydroxylation sites is 3. The molecule has 40 heavy (non-hydrogen) atoms. The fraction of sp³-hybridized carbons (Fsp3) is 0.267. The zero-order valence-corrected chi connectivity index (χ0v) is 22.5. The van der Waals surface area contributed by atoms with Crippen molar-refractivity contribution in [3.63, 3.8) is 0 Å². The monoisotopic (exact) mass is 547 g/mol. The van der Waals surface area contributed by atoms with Crippen LogP contribution in [0.2, 0.25) is 0 Å². The van der Waals surface area contributed by atoms with Crippen LogP contribution in [-0.2, 0) is 0 Å². The number of hydrogen-bond donors (Lipinski definition) is 2. The van der Waals surface area contributed by atoms with Gasteiger partial charge in [0.15, 0.2) is 11.6 Å². The maximum Gasteiger partial charge on any atom is 0.320 e. The lowest BCUT2D eigenvalue weighted by Gasteiger charge is -2.21. The van der Waals surface area contributed by atoms with Crippen LogP contribution in [0.4, 0.5) is 25.1 Å². The van der Waals surface area contributed by atoms with E-state index < -0.39 is 23.7 Å². The van der Waals surface area contributed by atoms with Crippen LogP contribution in [0.5, 0.6) is 11.6 Å². The number of aromatic nitrogens is 2. The van der Waals surface area contributed by atoms with E-state index in [4.69, 9.17) is 9.47 Å². The minimum Gasteiger partial charge on any atom is -0.495 e. The van der Waals surface area contributed by atoms with E-state index in [2.05, 4.69) is 20.6 Å². The Kier molecular flexibility index (Phi) is 7.86. The molecule has 2 N–H and O–H groups in total. The molecule has 10 heteroatoms. The lowest BCUT2D eigenvalue weighted by Crippen LogP contribution is -2.42. The molecule has 2 amide bonds. The summed E-state index contributed by atoms with van der Waals surface area (Å²) in [6, 6.07) is 20.0. The van der Waals surface area contributed by atoms with Gasteiger partial charge in [-0.1, -0.05) is 36.4 Å². The second-order valence-corrected chi connectivity index (χ2v) is 9.52. The minimum atomic E-state index is -0.928. The van der Waals surface area contributed by atoms with Gasteiger partial charge in [-0.15, -0.1) is 5.10 Å². The quantitative estimate of drug-likeness (QED) is 0.298. The summed E-state index contributed by atoms with van der Waals surface area (Å²) in [5.74, 6) is -0.587. The lowest BCUT2D eigenvalue weighted by molar-refractivity contribution is 0.248. The highest BCUT2D eigenvalue weighted by Gasteiger charge is 2.36. The molecule has 3 aromatic carbocycles. The number of methoxy groups -OCH3 is 1. The molecule has 8 nitrogen and oxygen atoms in total. The van der Waals surface area contributed by atoms with Crippen LogP contribution in [-0.4, -0.2) is 48.7 Å². The molecule has 2 heterocycles. The highest BCUT2D eigenvalue weighted by Crippen LogP contribution is 2.36. The summed E-state index contributed by atoms with van der Waals surface area (Å²) >= 11 is 0. The molecule has 0 bridgehead atoms. The van der Waals surface area contributed by atoms with E-state index in [1.54, 1.807) is 17.9 Å². The smallest absolute Gasteiger partial charge is 0.320 e. The van der Waals surface area contributed by atoms with Crippen LogP contribution < -0.4 is 25.0 Å². The van der Waals surface area contributed by atoms with Gasteiger partial charge in [0.1, 0.15) is 11.6 Å². The van der Waals surface area contributed by atoms with Crippen molar-refractivity contribution in [3.05, 3.63) is 95.6 Å². The Balaban J connectivity index is 1.43. The molecule has 208 valence electrons. The number of anilines is 2. The molecule has 2 atom stereocenters. The summed E-state index contributed by atoms with van der Waals surface area (Å²) in [7, 11) is 1.60. The zero-order chi connectivity index (χ0) is 28.2. The third kappa shape index (κ3) is 5.42. The molecule has 0 saturated carbocycles. The molecule has 1 fully saturated rings. The Morgan fingerprint density at radius 3 is 2.50 bits per heavy atom. The van der Waals surface area contributed by atoms with Crippen LogP contribution >= 0.6 is 0 Å². The van der Waals surface area contributed by atoms with E-state index in [-0.39, 0.29) is 5.92 Å². The SMILES string of the molecule is CCOc1nn(-c2ccccc2)c(NC(=O)NC2CN(c3ccccc3OC)CC2c2ccc(F)c(F)c2)c1C. The zero-order valence-electron chi connectivity index (χ0n) is 22.5. The van der Waals surface area contributed by atoms with E-state index >= 15 is 0 Å². The molecule has 5 rings (SSSR count). The van der Waals surface area contributed by atoms with Crippen molar-refractivity contribution in [1.82, 2.24) is 15.1 Å². The van der Waals surface area contributed by atoms with Gasteiger partial charge in [0.25, 0.3) is 0 Å². The first-order valence-corrected chi connectivity index (χ1v) is 13.1. The molecule has 0 aliphatic carbocycles. The van der Waals surface area contributed by atoms with Crippen LogP contribution in [0, 0.1) is 18.6 Å². The average molecular weight is 548 g/mol. The first-order valence-electron chi connectivity index (χ1n) is 13.1. The summed E-state index contributed by atoms with van der Waals surface area (Å²) in [5, 5.41) is 10.6. The highest BCUT2D eigenvalue weighted by molar-refractivity contribution is 5.90. The van der Waals surface area contributed by atoms with Gasteiger partial charge in [-0.25, -0.2) is 18.3 Å². The van der Waals surface area contributed by atoms with Gasteiger partial charge < -0.3 is 19.7 Å². The summed E-state index contributed by atoms with van der Waals surface area (Å²) < 4.78 is 40.8. The van der Waals surface area contributed by atoms with Crippen LogP contribution in [0.1, 0.15) is 24.0 Å². The first-order chi connectivity index (χ1) is 19.4. The third-order valence-electron chi connectivity index (χ3n) is 7.03. The molecular weight excluding hydrogens is 516 g/mol. The predicted molar refractivity (Wildman–Crippen MR) is 150 cm³/mol. The van der Waals surface area contributed by atoms with Crippen LogP contribution in [0.15, 0.2) is 72.8 Å². The summed E-state index contributed by atoms with van der Waals surface area (Å²) in [5.41, 5.74) is 2.88. The average Bonchev–Trinajstić information content (AvgIpc) is 3.52. The molecule has 2 unspecified atom stereocenters. The predicted octanol–water partition coefficient (Wildman–Crippen LogP) is 5.66. The lowest BCUT2D eigenvalue weighted by atomic mass is 9.94. The van der Waals surface area contributed by atoms with Gasteiger partial charge in [0, 0.05) is 19.0 Å². The molecule has 0 radical (unpaired) electrons. The molecule has 1 aliphatic rings. The maximum atomic E-state index is 14.2. The number of urea groups is 1. The summed E-state index contributed by atoms with van der Waals surface area (Å²) in [6.07, 6.45) is 0. The second-order valence-electron chi connectivity index (χ2n) is 9.52. The number of ether oxygens (including phenoxy) is 2. The van der Waals surface area contributed by atoms with E-state index in [0.717, 1.165) is 17.4 Å². The van der Waals surface area contributed by atoms with Crippen LogP contribution in [0.25, 0.3) is 5.69 Å². The largest absolute Gasteiger partial charge is 0.495 e. The number of nitrogens with zero attached hydrogens (tertiary/aromatic N) is 3. The minimum absolute atomic E-state index is 0.315. The van der Waals surface area contributed by atoms with Gasteiger partial charge in [-0.05, 0) is 55.8 Å². The second kappa shape index (κ2) is 11.6. The standard InChI is InChI=1S/C30H31F2N5O3/c1-4-40-29-19(2)28(37(35-29)21-10-6-5-7-11-21)34-30(38)33-25-18-36(26-12-8-9-13-27(26)39-3)17-22(25)20-14-15-23(31)24(32)16-20/h5-16,22,25H,4,17-18H2,1-3H3,(H2,33,34,38). The van der Waals surface area contributed by atoms with Crippen molar-refractivity contribution >= 4 is 17.5 Å². The Morgan fingerprint density at radius 2 is 1.77 bits per heavy atom. The Morgan fingerprint density at radius 1 is 1.02 bits per heavy atom. The number of carbonyl (C=O) groups excluding carboxylic acids is 1. The van der Waals surface area contributed by atoms with Crippen molar-refractivity contribution < 1.29 is 23.0 Å². The third-order valence-corrected chi connectivity index (χ3v) is 7.03. The topological polar surface area (TPSA) is 80.6 Å². The normalized spacial score (nSPS) is 16.6. The van der Waals surface area contributed by atoms with Gasteiger partial charge in [0.05, 0.1) is 36.7 Å². The molecule has 1 aliphatic heterocycles. The molecule has 1 saturated heterocycles. The molecule has 4 aromatic rings. The number of carbonyl (C=O) groups is 1. The fourth-order valence-corrected chi connectivity index (χ4v) is 5.08. The number of hydrogen-bond acceptors (Lipinski definition) is 5. The van der Waals surface area contributed by atoms with Gasteiger partial charge in [-0.2, -0.15) is 0 Å². The number of amides is 2. The maximum absolute atomic E-state index is 14.2. The van der Waals surface area contributed by atoms with E-state index in [9.17, 15) is 13.6 Å². The summed E-state index contributed by atoms with van der Waals surface area (Å²) in [4.78, 5) is 15.5. The van der Waals surface area contributed by atoms with Crippen molar-refractivity contribution in [2.24, 2.45) is 0 Å².